The molecule has 0 saturated carbocycles. The Morgan fingerprint density at radius 1 is 1.25 bits per heavy atom. The van der Waals surface area contributed by atoms with Crippen molar-refractivity contribution in [1.29, 1.82) is 0 Å². The van der Waals surface area contributed by atoms with Crippen LogP contribution in [-0.4, -0.2) is 55.7 Å². The summed E-state index contributed by atoms with van der Waals surface area (Å²) in [7, 11) is -3.12. The molecule has 2 N–H and O–H groups in total. The lowest BCUT2D eigenvalue weighted by atomic mass is 9.97. The summed E-state index contributed by atoms with van der Waals surface area (Å²) in [5.41, 5.74) is 0. The minimum absolute atomic E-state index is 0.0301. The van der Waals surface area contributed by atoms with Crippen LogP contribution in [0, 0.1) is 5.92 Å². The summed E-state index contributed by atoms with van der Waals surface area (Å²) < 4.78 is 24.9. The van der Waals surface area contributed by atoms with Crippen LogP contribution in [0.15, 0.2) is 0 Å². The second-order valence-corrected chi connectivity index (χ2v) is 7.41. The molecule has 7 heteroatoms. The Hall–Kier alpha value is -0.660. The first-order valence-corrected chi connectivity index (χ1v) is 8.98. The van der Waals surface area contributed by atoms with E-state index in [1.165, 1.54) is 4.31 Å². The lowest BCUT2D eigenvalue weighted by Crippen LogP contribution is -2.43. The largest absolute Gasteiger partial charge is 0.396 e. The van der Waals surface area contributed by atoms with Crippen molar-refractivity contribution in [2.75, 3.05) is 32.0 Å². The molecule has 0 atom stereocenters. The number of carbonyl (C=O) groups excluding carboxylic acids is 1. The molecule has 118 valence electrons. The molecule has 1 rings (SSSR count). The lowest BCUT2D eigenvalue weighted by Gasteiger charge is -2.30. The molecule has 1 aliphatic heterocycles. The molecule has 1 fully saturated rings. The van der Waals surface area contributed by atoms with E-state index in [2.05, 4.69) is 5.32 Å². The summed E-state index contributed by atoms with van der Waals surface area (Å²) in [6, 6.07) is 0. The van der Waals surface area contributed by atoms with Gasteiger partial charge in [0.05, 0.1) is 5.75 Å². The topological polar surface area (TPSA) is 86.7 Å². The SMILES string of the molecule is CCS(=O)(=O)N1CCC(C(=O)NCCCCCO)CC1. The summed E-state index contributed by atoms with van der Waals surface area (Å²) in [6.45, 7) is 3.35. The van der Waals surface area contributed by atoms with Gasteiger partial charge in [-0.1, -0.05) is 0 Å². The van der Waals surface area contributed by atoms with E-state index in [-0.39, 0.29) is 24.2 Å². The van der Waals surface area contributed by atoms with Crippen molar-refractivity contribution in [3.63, 3.8) is 0 Å². The number of unbranched alkanes of at least 4 members (excludes halogenated alkanes) is 2. The Kier molecular flexibility index (Phi) is 7.47. The molecule has 6 nitrogen and oxygen atoms in total. The average molecular weight is 306 g/mol. The number of carbonyl (C=O) groups is 1. The molecule has 0 aromatic heterocycles. The number of amides is 1. The quantitative estimate of drug-likeness (QED) is 0.633. The smallest absolute Gasteiger partial charge is 0.223 e. The van der Waals surface area contributed by atoms with Crippen LogP contribution in [0.25, 0.3) is 0 Å². The van der Waals surface area contributed by atoms with Crippen molar-refractivity contribution in [3.8, 4) is 0 Å². The molecule has 20 heavy (non-hydrogen) atoms. The fourth-order valence-corrected chi connectivity index (χ4v) is 3.48. The van der Waals surface area contributed by atoms with Crippen molar-refractivity contribution in [1.82, 2.24) is 9.62 Å². The highest BCUT2D eigenvalue weighted by molar-refractivity contribution is 7.89. The lowest BCUT2D eigenvalue weighted by molar-refractivity contribution is -0.126. The van der Waals surface area contributed by atoms with Crippen molar-refractivity contribution in [2.45, 2.75) is 39.0 Å². The van der Waals surface area contributed by atoms with Crippen LogP contribution in [0.5, 0.6) is 0 Å². The van der Waals surface area contributed by atoms with E-state index in [0.717, 1.165) is 19.3 Å². The van der Waals surface area contributed by atoms with Crippen LogP contribution in [0.1, 0.15) is 39.0 Å². The van der Waals surface area contributed by atoms with Crippen molar-refractivity contribution in [2.24, 2.45) is 5.92 Å². The fraction of sp³-hybridized carbons (Fsp3) is 0.923. The summed E-state index contributed by atoms with van der Waals surface area (Å²) in [5, 5.41) is 11.5. The van der Waals surface area contributed by atoms with E-state index in [1.807, 2.05) is 0 Å². The van der Waals surface area contributed by atoms with Gasteiger partial charge < -0.3 is 10.4 Å². The number of rotatable bonds is 8. The van der Waals surface area contributed by atoms with E-state index in [4.69, 9.17) is 5.11 Å². The van der Waals surface area contributed by atoms with Gasteiger partial charge in [-0.2, -0.15) is 0 Å². The minimum atomic E-state index is -3.12. The second-order valence-electron chi connectivity index (χ2n) is 5.15. The van der Waals surface area contributed by atoms with Gasteiger partial charge in [-0.15, -0.1) is 0 Å². The predicted molar refractivity (Wildman–Crippen MR) is 77.7 cm³/mol. The van der Waals surface area contributed by atoms with Gasteiger partial charge in [0, 0.05) is 32.2 Å². The third-order valence-corrected chi connectivity index (χ3v) is 5.60. The van der Waals surface area contributed by atoms with E-state index in [9.17, 15) is 13.2 Å². The van der Waals surface area contributed by atoms with Crippen LogP contribution >= 0.6 is 0 Å². The van der Waals surface area contributed by atoms with Gasteiger partial charge in [0.1, 0.15) is 0 Å². The van der Waals surface area contributed by atoms with Crippen molar-refractivity contribution < 1.29 is 18.3 Å². The summed E-state index contributed by atoms with van der Waals surface area (Å²) in [6.07, 6.45) is 3.74. The fourth-order valence-electron chi connectivity index (χ4n) is 2.35. The third-order valence-electron chi connectivity index (χ3n) is 3.72. The Labute approximate surface area is 121 Å². The summed E-state index contributed by atoms with van der Waals surface area (Å²) in [5.74, 6) is 0.0769. The van der Waals surface area contributed by atoms with Gasteiger partial charge in [-0.3, -0.25) is 4.79 Å². The molecule has 0 radical (unpaired) electrons. The van der Waals surface area contributed by atoms with Crippen molar-refractivity contribution >= 4 is 15.9 Å². The van der Waals surface area contributed by atoms with Crippen LogP contribution in [0.3, 0.4) is 0 Å². The highest BCUT2D eigenvalue weighted by Gasteiger charge is 2.29. The molecule has 1 aliphatic rings. The zero-order valence-corrected chi connectivity index (χ0v) is 13.0. The number of piperidine rings is 1. The monoisotopic (exact) mass is 306 g/mol. The standard InChI is InChI=1S/C13H26N2O4S/c1-2-20(18,19)15-9-6-12(7-10-15)13(17)14-8-4-3-5-11-16/h12,16H,2-11H2,1H3,(H,14,17). The number of aliphatic hydroxyl groups is 1. The van der Waals surface area contributed by atoms with Gasteiger partial charge >= 0.3 is 0 Å². The number of nitrogens with zero attached hydrogens (tertiary/aromatic N) is 1. The van der Waals surface area contributed by atoms with E-state index < -0.39 is 10.0 Å². The maximum Gasteiger partial charge on any atom is 0.223 e. The molecule has 0 aliphatic carbocycles. The number of nitrogens with one attached hydrogen (secondary N) is 1. The van der Waals surface area contributed by atoms with Crippen LogP contribution < -0.4 is 5.32 Å². The molecule has 0 aromatic carbocycles. The number of aliphatic hydroxyl groups excluding tert-OH is 1. The third kappa shape index (κ3) is 5.38. The predicted octanol–water partition coefficient (Wildman–Crippen LogP) is 0.327. The molecule has 1 heterocycles. The molecular formula is C13H26N2O4S. The normalized spacial score (nSPS) is 18.1. The maximum absolute atomic E-state index is 11.9. The van der Waals surface area contributed by atoms with Crippen LogP contribution in [-0.2, 0) is 14.8 Å². The van der Waals surface area contributed by atoms with Crippen LogP contribution in [0.2, 0.25) is 0 Å². The Morgan fingerprint density at radius 2 is 1.90 bits per heavy atom. The molecule has 0 spiro atoms. The first kappa shape index (κ1) is 17.4. The number of hydrogen-bond donors (Lipinski definition) is 2. The maximum atomic E-state index is 11.9. The van der Waals surface area contributed by atoms with Gasteiger partial charge in [0.2, 0.25) is 15.9 Å². The van der Waals surface area contributed by atoms with Crippen molar-refractivity contribution in [3.05, 3.63) is 0 Å². The number of sulfonamides is 1. The zero-order valence-electron chi connectivity index (χ0n) is 12.2. The first-order valence-electron chi connectivity index (χ1n) is 7.37. The molecule has 0 bridgehead atoms. The van der Waals surface area contributed by atoms with Gasteiger partial charge in [-0.05, 0) is 39.0 Å². The van der Waals surface area contributed by atoms with E-state index in [0.29, 0.717) is 32.5 Å². The molecule has 1 amide bonds. The van der Waals surface area contributed by atoms with Gasteiger partial charge in [0.15, 0.2) is 0 Å². The summed E-state index contributed by atoms with van der Waals surface area (Å²) in [4.78, 5) is 11.9. The van der Waals surface area contributed by atoms with Gasteiger partial charge in [0.25, 0.3) is 0 Å². The molecule has 0 unspecified atom stereocenters. The molecule has 1 saturated heterocycles. The minimum Gasteiger partial charge on any atom is -0.396 e. The Balaban J connectivity index is 2.25. The highest BCUT2D eigenvalue weighted by Crippen LogP contribution is 2.19. The molecular weight excluding hydrogens is 280 g/mol. The number of hydrogen-bond acceptors (Lipinski definition) is 4. The second kappa shape index (κ2) is 8.59. The van der Waals surface area contributed by atoms with E-state index >= 15 is 0 Å². The highest BCUT2D eigenvalue weighted by atomic mass is 32.2. The first-order chi connectivity index (χ1) is 9.51. The Morgan fingerprint density at radius 3 is 2.45 bits per heavy atom. The average Bonchev–Trinajstić information content (AvgIpc) is 2.47. The Bertz CT molecular complexity index is 389. The van der Waals surface area contributed by atoms with Crippen LogP contribution in [0.4, 0.5) is 0 Å². The molecule has 0 aromatic rings. The summed E-state index contributed by atoms with van der Waals surface area (Å²) >= 11 is 0. The zero-order chi connectivity index (χ0) is 15.0. The van der Waals surface area contributed by atoms with E-state index in [1.54, 1.807) is 6.92 Å². The van der Waals surface area contributed by atoms with Gasteiger partial charge in [-0.25, -0.2) is 12.7 Å².